The van der Waals surface area contributed by atoms with Crippen molar-refractivity contribution < 1.29 is 33.0 Å². The maximum atomic E-state index is 14.0. The van der Waals surface area contributed by atoms with E-state index in [0.29, 0.717) is 78.7 Å². The molecule has 0 bridgehead atoms. The summed E-state index contributed by atoms with van der Waals surface area (Å²) in [4.78, 5) is 50.2. The monoisotopic (exact) mass is 752 g/mol. The number of fused-ring (bicyclic) bond motifs is 4. The number of hydrogen-bond acceptors (Lipinski definition) is 12. The van der Waals surface area contributed by atoms with Crippen LogP contribution < -0.4 is 28.7 Å². The zero-order chi connectivity index (χ0) is 35.2. The van der Waals surface area contributed by atoms with E-state index in [4.69, 9.17) is 51.6 Å². The minimum atomic E-state index is -0.740. The molecule has 2 amide bonds. The van der Waals surface area contributed by atoms with Crippen LogP contribution >= 0.6 is 34.5 Å². The van der Waals surface area contributed by atoms with Gasteiger partial charge in [-0.2, -0.15) is 0 Å². The molecule has 6 aromatic heterocycles. The second-order valence-corrected chi connectivity index (χ2v) is 14.4. The van der Waals surface area contributed by atoms with Gasteiger partial charge < -0.3 is 23.4 Å². The Hall–Kier alpha value is -5.70. The van der Waals surface area contributed by atoms with E-state index in [9.17, 15) is 9.59 Å². The number of halogens is 2. The molecule has 0 saturated heterocycles. The molecule has 16 heteroatoms. The maximum Gasteiger partial charge on any atom is 0.242 e. The molecule has 258 valence electrons. The summed E-state index contributed by atoms with van der Waals surface area (Å²) in [6.07, 6.45) is 3.22. The molecule has 0 saturated carbocycles. The summed E-state index contributed by atoms with van der Waals surface area (Å²) in [5.74, 6) is 2.43. The number of nitrogens with zero attached hydrogens (tertiary/aromatic N) is 6. The van der Waals surface area contributed by atoms with Gasteiger partial charge in [0.2, 0.25) is 23.6 Å². The van der Waals surface area contributed by atoms with Gasteiger partial charge in [-0.1, -0.05) is 11.6 Å². The lowest BCUT2D eigenvalue weighted by atomic mass is 9.94. The van der Waals surface area contributed by atoms with Crippen LogP contribution in [0.5, 0.6) is 34.8 Å². The highest BCUT2D eigenvalue weighted by Crippen LogP contribution is 2.54. The van der Waals surface area contributed by atoms with Crippen molar-refractivity contribution in [2.75, 3.05) is 16.9 Å². The number of hydrogen-bond donors (Lipinski definition) is 0. The molecule has 13 nitrogen and oxygen atoms in total. The average molecular weight is 754 g/mol. The van der Waals surface area contributed by atoms with Crippen molar-refractivity contribution in [2.24, 2.45) is 0 Å². The molecular weight excluding hydrogens is 731 g/mol. The van der Waals surface area contributed by atoms with E-state index in [2.05, 4.69) is 15.0 Å². The second-order valence-electron chi connectivity index (χ2n) is 12.3. The topological polar surface area (TPSA) is 142 Å². The fraction of sp³-hybridized carbons (Fsp3) is 0.167. The predicted octanol–water partition coefficient (Wildman–Crippen LogP) is 7.38. The van der Waals surface area contributed by atoms with Gasteiger partial charge in [0.25, 0.3) is 0 Å². The maximum absolute atomic E-state index is 14.0. The van der Waals surface area contributed by atoms with Gasteiger partial charge in [-0.3, -0.25) is 19.4 Å². The Bertz CT molecular complexity index is 2510. The Morgan fingerprint density at radius 2 is 1.38 bits per heavy atom. The quantitative estimate of drug-likeness (QED) is 0.154. The summed E-state index contributed by atoms with van der Waals surface area (Å²) in [6, 6.07) is 15.6. The highest BCUT2D eigenvalue weighted by molar-refractivity contribution is 7.16. The SMILES string of the molecule is COc1ccc2c(n1)C1C(=O)N(Cc3cc(COc4ccc5c(n4)C4C(=O)N(Cc6ccc(Cl)o6)c6nccc(c64)O5)c(Cl)s3)c3nccc(c31)O2. The molecule has 6 aromatic rings. The summed E-state index contributed by atoms with van der Waals surface area (Å²) in [5.41, 5.74) is 2.93. The van der Waals surface area contributed by atoms with Crippen molar-refractivity contribution in [3.05, 3.63) is 115 Å². The summed E-state index contributed by atoms with van der Waals surface area (Å²) in [6.45, 7) is 0.474. The molecule has 0 aliphatic carbocycles. The third kappa shape index (κ3) is 4.75. The summed E-state index contributed by atoms with van der Waals surface area (Å²) < 4.78 is 29.7. The van der Waals surface area contributed by atoms with Crippen LogP contribution in [0.25, 0.3) is 0 Å². The van der Waals surface area contributed by atoms with Crippen LogP contribution in [0, 0.1) is 0 Å². The lowest BCUT2D eigenvalue weighted by Crippen LogP contribution is -2.29. The molecule has 10 rings (SSSR count). The number of rotatable bonds is 8. The molecule has 52 heavy (non-hydrogen) atoms. The standard InChI is InChI=1S/C36H22Cl2N6O7S/c1-47-24-6-3-21-30(41-24)28-27-20(50-21)9-11-40-34(27)44(36(28)46)14-18-12-16(32(38)52-18)15-48-25-7-4-22-31(42-25)29-26-19(51-22)8-10-39-33(26)43(35(29)45)13-17-2-5-23(37)49-17/h2-12,28-29H,13-15H2,1H3. The van der Waals surface area contributed by atoms with E-state index in [-0.39, 0.29) is 42.6 Å². The number of anilines is 2. The number of carbonyl (C=O) groups is 2. The van der Waals surface area contributed by atoms with E-state index in [1.807, 2.05) is 6.07 Å². The molecule has 0 aromatic carbocycles. The number of furan rings is 1. The third-order valence-corrected chi connectivity index (χ3v) is 11.0. The van der Waals surface area contributed by atoms with Crippen molar-refractivity contribution in [3.63, 3.8) is 0 Å². The number of thiophene rings is 1. The Balaban J connectivity index is 0.887. The van der Waals surface area contributed by atoms with Gasteiger partial charge in [0.05, 0.1) is 35.7 Å². The number of pyridine rings is 4. The molecule has 0 fully saturated rings. The van der Waals surface area contributed by atoms with Gasteiger partial charge in [0.1, 0.15) is 70.2 Å². The van der Waals surface area contributed by atoms with Crippen LogP contribution in [-0.2, 0) is 29.3 Å². The molecule has 0 spiro atoms. The lowest BCUT2D eigenvalue weighted by Gasteiger charge is -2.22. The molecule has 4 aliphatic heterocycles. The first-order valence-corrected chi connectivity index (χ1v) is 17.6. The third-order valence-electron chi connectivity index (χ3n) is 9.33. The van der Waals surface area contributed by atoms with Gasteiger partial charge >= 0.3 is 0 Å². The Labute approximate surface area is 308 Å². The van der Waals surface area contributed by atoms with E-state index >= 15 is 0 Å². The summed E-state index contributed by atoms with van der Waals surface area (Å²) in [7, 11) is 1.52. The first-order chi connectivity index (χ1) is 25.3. The van der Waals surface area contributed by atoms with Crippen LogP contribution in [0.2, 0.25) is 9.56 Å². The lowest BCUT2D eigenvalue weighted by molar-refractivity contribution is -0.119. The highest BCUT2D eigenvalue weighted by Gasteiger charge is 2.48. The zero-order valence-corrected chi connectivity index (χ0v) is 29.2. The van der Waals surface area contributed by atoms with Crippen molar-refractivity contribution in [3.8, 4) is 34.8 Å². The van der Waals surface area contributed by atoms with E-state index in [0.717, 1.165) is 4.88 Å². The van der Waals surface area contributed by atoms with E-state index < -0.39 is 11.8 Å². The summed E-state index contributed by atoms with van der Waals surface area (Å²) in [5, 5.41) is 0.231. The fourth-order valence-corrected chi connectivity index (χ4v) is 8.51. The van der Waals surface area contributed by atoms with Gasteiger partial charge in [0.15, 0.2) is 5.22 Å². The normalized spacial score (nSPS) is 17.3. The van der Waals surface area contributed by atoms with Gasteiger partial charge in [-0.15, -0.1) is 11.3 Å². The van der Waals surface area contributed by atoms with Crippen molar-refractivity contribution in [1.29, 1.82) is 0 Å². The molecular formula is C36H22Cl2N6O7S. The second kappa shape index (κ2) is 11.7. The molecule has 2 unspecified atom stereocenters. The first kappa shape index (κ1) is 31.1. The van der Waals surface area contributed by atoms with Crippen LogP contribution in [0.1, 0.15) is 50.6 Å². The van der Waals surface area contributed by atoms with Crippen LogP contribution in [-0.4, -0.2) is 38.9 Å². The number of methoxy groups -OCH3 is 1. The van der Waals surface area contributed by atoms with E-state index in [1.165, 1.54) is 18.4 Å². The number of amides is 2. The molecule has 4 aliphatic rings. The van der Waals surface area contributed by atoms with Crippen molar-refractivity contribution in [1.82, 2.24) is 19.9 Å². The smallest absolute Gasteiger partial charge is 0.242 e. The molecule has 0 N–H and O–H groups in total. The minimum absolute atomic E-state index is 0.0931. The number of ether oxygens (including phenoxy) is 4. The number of carbonyl (C=O) groups excluding carboxylic acids is 2. The zero-order valence-electron chi connectivity index (χ0n) is 26.8. The molecule has 2 atom stereocenters. The Kier molecular flexibility index (Phi) is 6.97. The van der Waals surface area contributed by atoms with Crippen LogP contribution in [0.15, 0.2) is 71.4 Å². The van der Waals surface area contributed by atoms with Crippen molar-refractivity contribution in [2.45, 2.75) is 31.5 Å². The fourth-order valence-electron chi connectivity index (χ4n) is 7.06. The van der Waals surface area contributed by atoms with Gasteiger partial charge in [-0.05, 0) is 54.1 Å². The average Bonchev–Trinajstić information content (AvgIpc) is 3.89. The highest BCUT2D eigenvalue weighted by atomic mass is 35.5. The first-order valence-electron chi connectivity index (χ1n) is 16.0. The Morgan fingerprint density at radius 3 is 2.00 bits per heavy atom. The van der Waals surface area contributed by atoms with Gasteiger partial charge in [0, 0.05) is 35.0 Å². The predicted molar refractivity (Wildman–Crippen MR) is 187 cm³/mol. The van der Waals surface area contributed by atoms with Crippen LogP contribution in [0.4, 0.5) is 11.6 Å². The molecule has 0 radical (unpaired) electrons. The largest absolute Gasteiger partial charge is 0.481 e. The minimum Gasteiger partial charge on any atom is -0.481 e. The Morgan fingerprint density at radius 1 is 0.769 bits per heavy atom. The van der Waals surface area contributed by atoms with Crippen LogP contribution in [0.3, 0.4) is 0 Å². The molecule has 10 heterocycles. The van der Waals surface area contributed by atoms with Crippen molar-refractivity contribution >= 4 is 58.0 Å². The van der Waals surface area contributed by atoms with E-state index in [1.54, 1.807) is 70.7 Å². The number of aromatic nitrogens is 4. The summed E-state index contributed by atoms with van der Waals surface area (Å²) >= 11 is 14.0. The van der Waals surface area contributed by atoms with Gasteiger partial charge in [-0.25, -0.2) is 19.9 Å².